The molecule has 1 aromatic heterocycles. The van der Waals surface area contributed by atoms with E-state index in [2.05, 4.69) is 11.1 Å². The van der Waals surface area contributed by atoms with Crippen molar-refractivity contribution in [3.8, 4) is 0 Å². The van der Waals surface area contributed by atoms with Gasteiger partial charge in [0.15, 0.2) is 0 Å². The number of amides is 3. The van der Waals surface area contributed by atoms with Gasteiger partial charge in [-0.25, -0.2) is 0 Å². The topological polar surface area (TPSA) is 73.5 Å². The summed E-state index contributed by atoms with van der Waals surface area (Å²) < 4.78 is 0. The number of imide groups is 1. The maximum Gasteiger partial charge on any atom is 0.245 e. The molecule has 28 heavy (non-hydrogen) atoms. The normalized spacial score (nSPS) is 25.2. The highest BCUT2D eigenvalue weighted by Crippen LogP contribution is 2.36. The molecular weight excluding hydrogens is 354 g/mol. The standard InChI is InChI=1S/C22H23N3O3/c1-13(25-21(27)15-7-2-3-8-16(15)22(25)28)20(26)24-11-10-19-17(12-24)14-6-4-5-9-18(14)23-19/h2-6,9,13,15-16,23H,7-8,10-12H2,1H3/t13-,15-,16+/m0/s1. The molecule has 3 amide bonds. The maximum absolute atomic E-state index is 13.2. The van der Waals surface area contributed by atoms with E-state index in [0.29, 0.717) is 25.9 Å². The summed E-state index contributed by atoms with van der Waals surface area (Å²) >= 11 is 0. The minimum absolute atomic E-state index is 0.149. The van der Waals surface area contributed by atoms with E-state index >= 15 is 0 Å². The van der Waals surface area contributed by atoms with Crippen LogP contribution in [-0.2, 0) is 27.3 Å². The molecule has 2 aromatic rings. The van der Waals surface area contributed by atoms with E-state index in [9.17, 15) is 14.4 Å². The fraction of sp³-hybridized carbons (Fsp3) is 0.409. The van der Waals surface area contributed by atoms with E-state index in [-0.39, 0.29) is 29.6 Å². The van der Waals surface area contributed by atoms with Crippen molar-refractivity contribution in [2.75, 3.05) is 6.54 Å². The predicted molar refractivity (Wildman–Crippen MR) is 104 cm³/mol. The van der Waals surface area contributed by atoms with Gasteiger partial charge in [-0.1, -0.05) is 30.4 Å². The SMILES string of the molecule is C[C@@H](C(=O)N1CCc2[nH]c3ccccc3c2C1)N1C(=O)[C@H]2CC=CC[C@H]2C1=O. The van der Waals surface area contributed by atoms with E-state index < -0.39 is 6.04 Å². The summed E-state index contributed by atoms with van der Waals surface area (Å²) in [6.45, 7) is 2.79. The van der Waals surface area contributed by atoms with Crippen molar-refractivity contribution in [2.45, 2.75) is 38.8 Å². The quantitative estimate of drug-likeness (QED) is 0.645. The third-order valence-corrected chi connectivity index (χ3v) is 6.48. The van der Waals surface area contributed by atoms with Gasteiger partial charge in [0.05, 0.1) is 11.8 Å². The first-order chi connectivity index (χ1) is 13.6. The summed E-state index contributed by atoms with van der Waals surface area (Å²) in [5, 5.41) is 1.13. The summed E-state index contributed by atoms with van der Waals surface area (Å²) in [5.41, 5.74) is 3.39. The van der Waals surface area contributed by atoms with E-state index in [4.69, 9.17) is 0 Å². The fourth-order valence-electron chi connectivity index (χ4n) is 4.94. The number of benzene rings is 1. The second-order valence-electron chi connectivity index (χ2n) is 8.02. The Hall–Kier alpha value is -2.89. The first-order valence-corrected chi connectivity index (χ1v) is 9.95. The molecule has 6 nitrogen and oxygen atoms in total. The van der Waals surface area contributed by atoms with Gasteiger partial charge in [0.25, 0.3) is 0 Å². The maximum atomic E-state index is 13.2. The molecule has 0 bridgehead atoms. The van der Waals surface area contributed by atoms with Crippen LogP contribution in [0.1, 0.15) is 31.0 Å². The van der Waals surface area contributed by atoms with E-state index in [1.807, 2.05) is 30.4 Å². The lowest BCUT2D eigenvalue weighted by atomic mass is 9.85. The number of allylic oxidation sites excluding steroid dienone is 2. The van der Waals surface area contributed by atoms with E-state index in [1.165, 1.54) is 10.6 Å². The van der Waals surface area contributed by atoms with Gasteiger partial charge in [0.1, 0.15) is 6.04 Å². The summed E-state index contributed by atoms with van der Waals surface area (Å²) in [5.74, 6) is -1.12. The zero-order valence-corrected chi connectivity index (χ0v) is 15.9. The number of carbonyl (C=O) groups excluding carboxylic acids is 3. The average Bonchev–Trinajstić information content (AvgIpc) is 3.22. The Morgan fingerprint density at radius 2 is 1.79 bits per heavy atom. The number of aromatic nitrogens is 1. The van der Waals surface area contributed by atoms with Crippen molar-refractivity contribution in [3.63, 3.8) is 0 Å². The number of fused-ring (bicyclic) bond motifs is 4. The summed E-state index contributed by atoms with van der Waals surface area (Å²) in [6, 6.07) is 7.34. The van der Waals surface area contributed by atoms with Crippen molar-refractivity contribution in [2.24, 2.45) is 11.8 Å². The Morgan fingerprint density at radius 3 is 2.50 bits per heavy atom. The number of H-pyrrole nitrogens is 1. The number of carbonyl (C=O) groups is 3. The second kappa shape index (κ2) is 6.33. The van der Waals surface area contributed by atoms with Crippen LogP contribution in [0.3, 0.4) is 0 Å². The molecule has 2 aliphatic heterocycles. The lowest BCUT2D eigenvalue weighted by Gasteiger charge is -2.32. The van der Waals surface area contributed by atoms with Gasteiger partial charge in [0, 0.05) is 41.7 Å². The van der Waals surface area contributed by atoms with Gasteiger partial charge < -0.3 is 9.88 Å². The molecule has 3 aliphatic rings. The number of hydrogen-bond donors (Lipinski definition) is 1. The predicted octanol–water partition coefficient (Wildman–Crippen LogP) is 2.39. The molecule has 144 valence electrons. The van der Waals surface area contributed by atoms with Crippen LogP contribution in [0.4, 0.5) is 0 Å². The van der Waals surface area contributed by atoms with E-state index in [1.54, 1.807) is 11.8 Å². The number of nitrogens with zero attached hydrogens (tertiary/aromatic N) is 2. The fourth-order valence-corrected chi connectivity index (χ4v) is 4.94. The Labute approximate surface area is 163 Å². The minimum atomic E-state index is -0.752. The summed E-state index contributed by atoms with van der Waals surface area (Å²) in [6.07, 6.45) is 5.86. The molecule has 0 spiro atoms. The number of hydrogen-bond acceptors (Lipinski definition) is 3. The summed E-state index contributed by atoms with van der Waals surface area (Å²) in [4.78, 5) is 45.3. The largest absolute Gasteiger partial charge is 0.358 e. The van der Waals surface area contributed by atoms with Gasteiger partial charge in [-0.05, 0) is 25.8 Å². The van der Waals surface area contributed by atoms with Crippen LogP contribution >= 0.6 is 0 Å². The molecule has 3 atom stereocenters. The highest BCUT2D eigenvalue weighted by Gasteiger charge is 2.50. The highest BCUT2D eigenvalue weighted by atomic mass is 16.2. The molecular formula is C22H23N3O3. The Bertz CT molecular complexity index is 995. The van der Waals surface area contributed by atoms with Crippen molar-refractivity contribution in [1.29, 1.82) is 0 Å². The van der Waals surface area contributed by atoms with Crippen LogP contribution in [0.5, 0.6) is 0 Å². The third kappa shape index (κ3) is 2.44. The number of nitrogens with one attached hydrogen (secondary N) is 1. The Kier molecular flexibility index (Phi) is 3.89. The first-order valence-electron chi connectivity index (χ1n) is 9.95. The number of para-hydroxylation sites is 1. The van der Waals surface area contributed by atoms with Crippen molar-refractivity contribution in [1.82, 2.24) is 14.8 Å². The lowest BCUT2D eigenvalue weighted by Crippen LogP contribution is -2.50. The molecule has 1 aliphatic carbocycles. The molecule has 1 saturated heterocycles. The summed E-state index contributed by atoms with van der Waals surface area (Å²) in [7, 11) is 0. The molecule has 5 rings (SSSR count). The van der Waals surface area contributed by atoms with E-state index in [0.717, 1.165) is 22.9 Å². The third-order valence-electron chi connectivity index (χ3n) is 6.48. The monoisotopic (exact) mass is 377 g/mol. The van der Waals surface area contributed by atoms with Crippen molar-refractivity contribution >= 4 is 28.6 Å². The van der Waals surface area contributed by atoms with Crippen LogP contribution in [0, 0.1) is 11.8 Å². The molecule has 1 fully saturated rings. The Morgan fingerprint density at radius 1 is 1.11 bits per heavy atom. The minimum Gasteiger partial charge on any atom is -0.358 e. The Balaban J connectivity index is 1.38. The molecule has 6 heteroatoms. The van der Waals surface area contributed by atoms with Crippen LogP contribution in [-0.4, -0.2) is 45.1 Å². The lowest BCUT2D eigenvalue weighted by molar-refractivity contribution is -0.151. The highest BCUT2D eigenvalue weighted by molar-refractivity contribution is 6.08. The second-order valence-corrected chi connectivity index (χ2v) is 8.02. The van der Waals surface area contributed by atoms with Crippen LogP contribution in [0.2, 0.25) is 0 Å². The van der Waals surface area contributed by atoms with Gasteiger partial charge in [-0.15, -0.1) is 0 Å². The number of rotatable bonds is 2. The smallest absolute Gasteiger partial charge is 0.245 e. The molecule has 1 aromatic carbocycles. The first kappa shape index (κ1) is 17.2. The zero-order valence-electron chi connectivity index (χ0n) is 15.9. The van der Waals surface area contributed by atoms with Gasteiger partial charge in [-0.3, -0.25) is 19.3 Å². The van der Waals surface area contributed by atoms with Crippen LogP contribution < -0.4 is 0 Å². The van der Waals surface area contributed by atoms with Crippen LogP contribution in [0.15, 0.2) is 36.4 Å². The van der Waals surface area contributed by atoms with Gasteiger partial charge in [-0.2, -0.15) is 0 Å². The van der Waals surface area contributed by atoms with Gasteiger partial charge >= 0.3 is 0 Å². The van der Waals surface area contributed by atoms with Crippen LogP contribution in [0.25, 0.3) is 10.9 Å². The van der Waals surface area contributed by atoms with Gasteiger partial charge in [0.2, 0.25) is 17.7 Å². The number of aromatic amines is 1. The number of likely N-dealkylation sites (tertiary alicyclic amines) is 1. The van der Waals surface area contributed by atoms with Crippen molar-refractivity contribution in [3.05, 3.63) is 47.7 Å². The molecule has 1 N–H and O–H groups in total. The zero-order chi connectivity index (χ0) is 19.4. The van der Waals surface area contributed by atoms with Crippen molar-refractivity contribution < 1.29 is 14.4 Å². The molecule has 3 heterocycles. The molecule has 0 unspecified atom stereocenters. The molecule has 0 radical (unpaired) electrons. The molecule has 0 saturated carbocycles. The average molecular weight is 377 g/mol.